The summed E-state index contributed by atoms with van der Waals surface area (Å²) in [6.07, 6.45) is 0.285. The first kappa shape index (κ1) is 17.8. The number of nitrogens with zero attached hydrogens (tertiary/aromatic N) is 4. The maximum absolute atomic E-state index is 12.6. The lowest BCUT2D eigenvalue weighted by Crippen LogP contribution is -2.61. The van der Waals surface area contributed by atoms with Crippen molar-refractivity contribution in [3.63, 3.8) is 0 Å². The van der Waals surface area contributed by atoms with Crippen LogP contribution in [0.25, 0.3) is 0 Å². The highest BCUT2D eigenvalue weighted by molar-refractivity contribution is 7.11. The minimum atomic E-state index is -0.393. The Balaban J connectivity index is 2.05. The summed E-state index contributed by atoms with van der Waals surface area (Å²) in [5.41, 5.74) is -0.393. The number of rotatable bonds is 2. The Morgan fingerprint density at radius 2 is 1.74 bits per heavy atom. The summed E-state index contributed by atoms with van der Waals surface area (Å²) in [7, 11) is 0. The van der Waals surface area contributed by atoms with Crippen LogP contribution in [0.3, 0.4) is 0 Å². The monoisotopic (exact) mass is 338 g/mol. The van der Waals surface area contributed by atoms with Crippen LogP contribution in [0.15, 0.2) is 0 Å². The summed E-state index contributed by atoms with van der Waals surface area (Å²) in [4.78, 5) is 28.9. The summed E-state index contributed by atoms with van der Waals surface area (Å²) >= 11 is 1.46. The number of hydrogen-bond donors (Lipinski definition) is 0. The van der Waals surface area contributed by atoms with Crippen molar-refractivity contribution in [2.75, 3.05) is 13.1 Å². The third-order valence-corrected chi connectivity index (χ3v) is 4.84. The van der Waals surface area contributed by atoms with Crippen molar-refractivity contribution >= 4 is 23.2 Å². The van der Waals surface area contributed by atoms with Crippen LogP contribution in [0.2, 0.25) is 0 Å². The van der Waals surface area contributed by atoms with Gasteiger partial charge in [0.1, 0.15) is 10.0 Å². The minimum Gasteiger partial charge on any atom is -0.338 e. The Morgan fingerprint density at radius 1 is 1.17 bits per heavy atom. The van der Waals surface area contributed by atoms with Gasteiger partial charge in [-0.2, -0.15) is 0 Å². The summed E-state index contributed by atoms with van der Waals surface area (Å²) in [5.74, 6) is 0.201. The molecule has 2 heterocycles. The molecule has 6 nitrogen and oxygen atoms in total. The molecule has 1 aromatic heterocycles. The van der Waals surface area contributed by atoms with E-state index in [1.165, 1.54) is 11.3 Å². The quantitative estimate of drug-likeness (QED) is 0.826. The molecule has 2 rings (SSSR count). The van der Waals surface area contributed by atoms with Crippen LogP contribution in [-0.2, 0) is 16.0 Å². The largest absolute Gasteiger partial charge is 0.338 e. The van der Waals surface area contributed by atoms with Crippen LogP contribution < -0.4 is 0 Å². The smallest absolute Gasteiger partial charge is 0.230 e. The predicted octanol–water partition coefficient (Wildman–Crippen LogP) is 1.88. The van der Waals surface area contributed by atoms with Crippen LogP contribution in [0.5, 0.6) is 0 Å². The van der Waals surface area contributed by atoms with E-state index in [9.17, 15) is 9.59 Å². The van der Waals surface area contributed by atoms with Crippen molar-refractivity contribution in [3.05, 3.63) is 10.0 Å². The van der Waals surface area contributed by atoms with Crippen molar-refractivity contribution < 1.29 is 9.59 Å². The second-order valence-corrected chi connectivity index (χ2v) is 8.62. The van der Waals surface area contributed by atoms with Gasteiger partial charge >= 0.3 is 0 Å². The van der Waals surface area contributed by atoms with E-state index in [1.54, 1.807) is 0 Å². The van der Waals surface area contributed by atoms with Gasteiger partial charge in [-0.25, -0.2) is 0 Å². The summed E-state index contributed by atoms with van der Waals surface area (Å²) < 4.78 is 0. The maximum atomic E-state index is 12.6. The molecule has 1 saturated heterocycles. The molecule has 2 atom stereocenters. The van der Waals surface area contributed by atoms with Crippen LogP contribution in [0.1, 0.15) is 44.6 Å². The Bertz CT molecular complexity index is 581. The normalized spacial score (nSPS) is 22.3. The van der Waals surface area contributed by atoms with Gasteiger partial charge in [0.2, 0.25) is 11.8 Å². The maximum Gasteiger partial charge on any atom is 0.230 e. The van der Waals surface area contributed by atoms with Gasteiger partial charge in [-0.3, -0.25) is 9.59 Å². The summed E-state index contributed by atoms with van der Waals surface area (Å²) in [6, 6.07) is 0.0122. The van der Waals surface area contributed by atoms with Crippen molar-refractivity contribution in [3.8, 4) is 0 Å². The van der Waals surface area contributed by atoms with E-state index in [-0.39, 0.29) is 30.3 Å². The lowest BCUT2D eigenvalue weighted by Gasteiger charge is -2.46. The van der Waals surface area contributed by atoms with Crippen LogP contribution in [-0.4, -0.2) is 57.0 Å². The highest BCUT2D eigenvalue weighted by Crippen LogP contribution is 2.24. The lowest BCUT2D eigenvalue weighted by molar-refractivity contribution is -0.150. The zero-order valence-electron chi connectivity index (χ0n) is 14.8. The molecule has 0 spiro atoms. The Hall–Kier alpha value is -1.50. The fraction of sp³-hybridized carbons (Fsp3) is 0.750. The van der Waals surface area contributed by atoms with Crippen LogP contribution in [0.4, 0.5) is 0 Å². The lowest BCUT2D eigenvalue weighted by atomic mass is 9.93. The summed E-state index contributed by atoms with van der Waals surface area (Å²) in [5, 5.41) is 9.61. The molecule has 1 aliphatic rings. The van der Waals surface area contributed by atoms with E-state index in [4.69, 9.17) is 0 Å². The van der Waals surface area contributed by atoms with Gasteiger partial charge in [0.05, 0.1) is 6.42 Å². The first-order valence-electron chi connectivity index (χ1n) is 7.99. The molecule has 7 heteroatoms. The molecular weight excluding hydrogens is 312 g/mol. The zero-order chi connectivity index (χ0) is 17.4. The van der Waals surface area contributed by atoms with Crippen LogP contribution >= 0.6 is 11.3 Å². The number of carbonyl (C=O) groups is 2. The molecule has 128 valence electrons. The molecule has 0 N–H and O–H groups in total. The van der Waals surface area contributed by atoms with Crippen molar-refractivity contribution in [1.29, 1.82) is 0 Å². The highest BCUT2D eigenvalue weighted by Gasteiger charge is 2.37. The van der Waals surface area contributed by atoms with Crippen molar-refractivity contribution in [2.24, 2.45) is 5.41 Å². The Labute approximate surface area is 141 Å². The van der Waals surface area contributed by atoms with E-state index in [0.717, 1.165) is 10.0 Å². The van der Waals surface area contributed by atoms with Gasteiger partial charge in [0, 0.05) is 30.6 Å². The molecule has 2 unspecified atom stereocenters. The number of piperazine rings is 1. The first-order valence-corrected chi connectivity index (χ1v) is 8.80. The molecule has 0 aliphatic carbocycles. The van der Waals surface area contributed by atoms with Crippen molar-refractivity contribution in [2.45, 2.75) is 60.0 Å². The van der Waals surface area contributed by atoms with Crippen molar-refractivity contribution in [1.82, 2.24) is 20.0 Å². The standard InChI is InChI=1S/C16H26N4O2S/c1-10-8-19(15(22)16(4,5)6)9-11(2)20(10)14(21)7-13-18-17-12(3)23-13/h10-11H,7-9H2,1-6H3. The van der Waals surface area contributed by atoms with Gasteiger partial charge in [0.25, 0.3) is 0 Å². The van der Waals surface area contributed by atoms with E-state index >= 15 is 0 Å². The predicted molar refractivity (Wildman–Crippen MR) is 90.2 cm³/mol. The zero-order valence-corrected chi connectivity index (χ0v) is 15.6. The average molecular weight is 338 g/mol. The summed E-state index contributed by atoms with van der Waals surface area (Å²) in [6.45, 7) is 12.8. The molecule has 1 fully saturated rings. The molecule has 23 heavy (non-hydrogen) atoms. The molecular formula is C16H26N4O2S. The third-order valence-electron chi connectivity index (χ3n) is 4.01. The topological polar surface area (TPSA) is 66.4 Å². The number of hydrogen-bond acceptors (Lipinski definition) is 5. The molecule has 0 radical (unpaired) electrons. The number of aryl methyl sites for hydroxylation is 1. The van der Waals surface area contributed by atoms with Gasteiger partial charge in [-0.1, -0.05) is 20.8 Å². The highest BCUT2D eigenvalue weighted by atomic mass is 32.1. The molecule has 0 bridgehead atoms. The fourth-order valence-electron chi connectivity index (χ4n) is 3.08. The fourth-order valence-corrected chi connectivity index (χ4v) is 3.78. The second kappa shape index (κ2) is 6.55. The van der Waals surface area contributed by atoms with E-state index in [0.29, 0.717) is 13.1 Å². The number of aromatic nitrogens is 2. The SMILES string of the molecule is Cc1nnc(CC(=O)N2C(C)CN(C(=O)C(C)(C)C)CC2C)s1. The van der Waals surface area contributed by atoms with Gasteiger partial charge in [-0.05, 0) is 20.8 Å². The first-order chi connectivity index (χ1) is 10.6. The Kier molecular flexibility index (Phi) is 5.08. The van der Waals surface area contributed by atoms with E-state index in [1.807, 2.05) is 51.3 Å². The Morgan fingerprint density at radius 3 is 2.17 bits per heavy atom. The van der Waals surface area contributed by atoms with E-state index < -0.39 is 5.41 Å². The molecule has 1 aromatic rings. The molecule has 1 aliphatic heterocycles. The van der Waals surface area contributed by atoms with Gasteiger partial charge < -0.3 is 9.80 Å². The van der Waals surface area contributed by atoms with Gasteiger partial charge in [-0.15, -0.1) is 21.5 Å². The average Bonchev–Trinajstić information content (AvgIpc) is 2.81. The number of carbonyl (C=O) groups excluding carboxylic acids is 2. The minimum absolute atomic E-state index is 0.00608. The molecule has 2 amide bonds. The van der Waals surface area contributed by atoms with Crippen LogP contribution in [0, 0.1) is 12.3 Å². The van der Waals surface area contributed by atoms with Gasteiger partial charge in [0.15, 0.2) is 0 Å². The second-order valence-electron chi connectivity index (χ2n) is 7.35. The molecule has 0 aromatic carbocycles. The third kappa shape index (κ3) is 4.07. The number of amides is 2. The molecule has 0 saturated carbocycles. The van der Waals surface area contributed by atoms with E-state index in [2.05, 4.69) is 10.2 Å².